The lowest BCUT2D eigenvalue weighted by Crippen LogP contribution is -2.43. The summed E-state index contributed by atoms with van der Waals surface area (Å²) >= 11 is 0. The van der Waals surface area contributed by atoms with Crippen molar-refractivity contribution < 1.29 is 19.1 Å². The van der Waals surface area contributed by atoms with Gasteiger partial charge >= 0.3 is 0 Å². The van der Waals surface area contributed by atoms with Crippen LogP contribution in [0, 0.1) is 23.2 Å². The highest BCUT2D eigenvalue weighted by molar-refractivity contribution is 6.26. The Labute approximate surface area is 225 Å². The number of ether oxygens (including phenoxy) is 2. The molecule has 0 spiro atoms. The van der Waals surface area contributed by atoms with Gasteiger partial charge in [0.2, 0.25) is 11.8 Å². The van der Waals surface area contributed by atoms with Crippen molar-refractivity contribution in [1.82, 2.24) is 9.55 Å². The first-order valence-corrected chi connectivity index (χ1v) is 13.2. The number of carbonyl (C=O) groups excluding carboxylic acids is 2. The van der Waals surface area contributed by atoms with Crippen LogP contribution < -0.4 is 9.64 Å². The molecule has 0 radical (unpaired) electrons. The molecule has 3 saturated heterocycles. The molecule has 194 valence electrons. The van der Waals surface area contributed by atoms with Crippen molar-refractivity contribution in [3.8, 4) is 17.5 Å². The van der Waals surface area contributed by atoms with Crippen molar-refractivity contribution in [2.45, 2.75) is 37.4 Å². The van der Waals surface area contributed by atoms with Gasteiger partial charge in [-0.3, -0.25) is 9.59 Å². The van der Waals surface area contributed by atoms with Gasteiger partial charge < -0.3 is 14.0 Å². The fraction of sp³-hybridized carbons (Fsp3) is 0.290. The Morgan fingerprint density at radius 1 is 1.03 bits per heavy atom. The number of fused-ring (bicyclic) bond motifs is 6. The minimum Gasteiger partial charge on any atom is -0.493 e. The second-order valence-corrected chi connectivity index (χ2v) is 10.8. The molecule has 3 aromatic carbocycles. The van der Waals surface area contributed by atoms with Crippen LogP contribution in [0.4, 0.5) is 5.69 Å². The van der Waals surface area contributed by atoms with E-state index >= 15 is 0 Å². The smallest absolute Gasteiger partial charge is 0.240 e. The van der Waals surface area contributed by atoms with Gasteiger partial charge in [0.25, 0.3) is 0 Å². The molecule has 3 aliphatic heterocycles. The molecule has 4 aromatic rings. The number of rotatable bonds is 6. The highest BCUT2D eigenvalue weighted by Gasteiger charge is 2.73. The van der Waals surface area contributed by atoms with Crippen molar-refractivity contribution in [3.63, 3.8) is 0 Å². The third-order valence-electron chi connectivity index (χ3n) is 8.71. The molecule has 4 atom stereocenters. The Balaban J connectivity index is 1.15. The summed E-state index contributed by atoms with van der Waals surface area (Å²) in [5, 5.41) is 11.0. The van der Waals surface area contributed by atoms with Crippen LogP contribution in [-0.4, -0.2) is 39.2 Å². The van der Waals surface area contributed by atoms with Crippen LogP contribution in [-0.2, 0) is 14.3 Å². The van der Waals surface area contributed by atoms with E-state index in [1.54, 1.807) is 24.7 Å². The zero-order valence-corrected chi connectivity index (χ0v) is 21.4. The van der Waals surface area contributed by atoms with Crippen molar-refractivity contribution in [2.75, 3.05) is 11.5 Å². The number of nitriles is 1. The predicted molar refractivity (Wildman–Crippen MR) is 143 cm³/mol. The number of aromatic nitrogens is 2. The van der Waals surface area contributed by atoms with E-state index in [1.165, 1.54) is 4.90 Å². The van der Waals surface area contributed by atoms with Gasteiger partial charge in [0, 0.05) is 35.3 Å². The number of imidazole rings is 1. The molecule has 3 fully saturated rings. The van der Waals surface area contributed by atoms with Gasteiger partial charge in [-0.15, -0.1) is 0 Å². The van der Waals surface area contributed by atoms with Crippen LogP contribution in [0.3, 0.4) is 0 Å². The summed E-state index contributed by atoms with van der Waals surface area (Å²) in [6.45, 7) is 2.33. The van der Waals surface area contributed by atoms with E-state index in [2.05, 4.69) is 11.1 Å². The van der Waals surface area contributed by atoms with Crippen LogP contribution in [0.1, 0.15) is 31.7 Å². The number of nitrogens with zero attached hydrogens (tertiary/aromatic N) is 4. The average molecular weight is 519 g/mol. The molecule has 4 unspecified atom stereocenters. The molecule has 2 bridgehead atoms. The lowest BCUT2D eigenvalue weighted by atomic mass is 9.67. The first-order valence-electron chi connectivity index (χ1n) is 13.2. The summed E-state index contributed by atoms with van der Waals surface area (Å²) in [5.41, 5.74) is 0.579. The molecule has 39 heavy (non-hydrogen) atoms. The Kier molecular flexibility index (Phi) is 5.16. The molecular weight excluding hydrogens is 492 g/mol. The number of benzene rings is 3. The standard InChI is InChI=1S/C31H26N4O4/c1-30-12-13-31(39-30,14-17-38-22-9-7-21(8-10-22)34-16-15-33-19-34)27-26(30)28(36)35(29(27)37)25-11-6-20(18-32)23-4-2-3-5-24(23)25/h2-11,15-16,19,26-27H,12-14,17H2,1H3. The summed E-state index contributed by atoms with van der Waals surface area (Å²) in [6.07, 6.45) is 7.28. The van der Waals surface area contributed by atoms with E-state index in [9.17, 15) is 14.9 Å². The van der Waals surface area contributed by atoms with Crippen molar-refractivity contribution >= 4 is 28.3 Å². The van der Waals surface area contributed by atoms with E-state index in [0.717, 1.165) is 23.2 Å². The Morgan fingerprint density at radius 3 is 2.54 bits per heavy atom. The minimum atomic E-state index is -0.750. The highest BCUT2D eigenvalue weighted by Crippen LogP contribution is 2.62. The summed E-state index contributed by atoms with van der Waals surface area (Å²) in [6, 6.07) is 20.8. The molecule has 0 N–H and O–H groups in total. The lowest BCUT2D eigenvalue weighted by Gasteiger charge is -2.31. The molecule has 3 aliphatic rings. The van der Waals surface area contributed by atoms with E-state index < -0.39 is 23.0 Å². The molecule has 1 aromatic heterocycles. The van der Waals surface area contributed by atoms with Gasteiger partial charge in [-0.25, -0.2) is 9.88 Å². The van der Waals surface area contributed by atoms with Gasteiger partial charge in [-0.1, -0.05) is 24.3 Å². The topological polar surface area (TPSA) is 97.4 Å². The van der Waals surface area contributed by atoms with Crippen LogP contribution in [0.5, 0.6) is 5.75 Å². The zero-order chi connectivity index (χ0) is 26.8. The SMILES string of the molecule is CC12CCC(CCOc3ccc(-n4ccnc4)cc3)(O1)C1C(=O)N(c3ccc(C#N)c4ccccc34)C(=O)C12. The minimum absolute atomic E-state index is 0.222. The number of anilines is 1. The van der Waals surface area contributed by atoms with Gasteiger partial charge in [0.15, 0.2) is 0 Å². The Bertz CT molecular complexity index is 1660. The summed E-state index contributed by atoms with van der Waals surface area (Å²) in [5.74, 6) is -0.828. The van der Waals surface area contributed by atoms with Gasteiger partial charge in [-0.2, -0.15) is 5.26 Å². The van der Waals surface area contributed by atoms with Gasteiger partial charge in [-0.05, 0) is 56.2 Å². The second kappa shape index (κ2) is 8.52. The fourth-order valence-corrected chi connectivity index (χ4v) is 6.89. The van der Waals surface area contributed by atoms with Crippen molar-refractivity contribution in [2.24, 2.45) is 11.8 Å². The molecule has 4 heterocycles. The number of hydrogen-bond acceptors (Lipinski definition) is 6. The molecule has 8 heteroatoms. The first-order chi connectivity index (χ1) is 18.9. The van der Waals surface area contributed by atoms with E-state index in [4.69, 9.17) is 9.47 Å². The summed E-state index contributed by atoms with van der Waals surface area (Å²) in [4.78, 5) is 33.3. The van der Waals surface area contributed by atoms with Crippen molar-refractivity contribution in [1.29, 1.82) is 5.26 Å². The molecular formula is C31H26N4O4. The van der Waals surface area contributed by atoms with Gasteiger partial charge in [0.05, 0.1) is 53.3 Å². The maximum absolute atomic E-state index is 14.0. The van der Waals surface area contributed by atoms with E-state index in [1.807, 2.05) is 66.2 Å². The molecule has 2 amide bonds. The zero-order valence-electron chi connectivity index (χ0n) is 21.4. The Hall–Kier alpha value is -4.48. The van der Waals surface area contributed by atoms with Crippen LogP contribution >= 0.6 is 0 Å². The largest absolute Gasteiger partial charge is 0.493 e. The first kappa shape index (κ1) is 23.6. The molecule has 0 saturated carbocycles. The maximum atomic E-state index is 14.0. The number of imide groups is 1. The molecule has 0 aliphatic carbocycles. The monoisotopic (exact) mass is 518 g/mol. The van der Waals surface area contributed by atoms with Gasteiger partial charge in [0.1, 0.15) is 5.75 Å². The Morgan fingerprint density at radius 2 is 1.79 bits per heavy atom. The lowest BCUT2D eigenvalue weighted by molar-refractivity contribution is -0.131. The summed E-state index contributed by atoms with van der Waals surface area (Å²) in [7, 11) is 0. The van der Waals surface area contributed by atoms with Crippen LogP contribution in [0.25, 0.3) is 16.5 Å². The molecule has 7 rings (SSSR count). The number of hydrogen-bond donors (Lipinski definition) is 0. The average Bonchev–Trinajstić information content (AvgIpc) is 3.71. The fourth-order valence-electron chi connectivity index (χ4n) is 6.89. The number of amides is 2. The van der Waals surface area contributed by atoms with Crippen LogP contribution in [0.2, 0.25) is 0 Å². The third-order valence-corrected chi connectivity index (χ3v) is 8.71. The summed E-state index contributed by atoms with van der Waals surface area (Å²) < 4.78 is 14.6. The normalized spacial score (nSPS) is 27.2. The molecule has 8 nitrogen and oxygen atoms in total. The maximum Gasteiger partial charge on any atom is 0.240 e. The predicted octanol–water partition coefficient (Wildman–Crippen LogP) is 4.79. The number of carbonyl (C=O) groups is 2. The van der Waals surface area contributed by atoms with Crippen LogP contribution in [0.15, 0.2) is 79.4 Å². The van der Waals surface area contributed by atoms with E-state index in [0.29, 0.717) is 36.1 Å². The van der Waals surface area contributed by atoms with E-state index in [-0.39, 0.29) is 11.8 Å². The third kappa shape index (κ3) is 3.43. The highest BCUT2D eigenvalue weighted by atomic mass is 16.5. The quantitative estimate of drug-likeness (QED) is 0.341. The van der Waals surface area contributed by atoms with Crippen molar-refractivity contribution in [3.05, 3.63) is 84.9 Å². The second-order valence-electron chi connectivity index (χ2n) is 10.8.